The molecule has 5 heteroatoms. The topological polar surface area (TPSA) is 40.5 Å². The van der Waals surface area contributed by atoms with Crippen molar-refractivity contribution in [2.45, 2.75) is 44.4 Å². The number of likely N-dealkylation sites (tertiary alicyclic amines) is 1. The zero-order valence-corrected chi connectivity index (χ0v) is 12.8. The van der Waals surface area contributed by atoms with Crippen LogP contribution in [0.3, 0.4) is 0 Å². The summed E-state index contributed by atoms with van der Waals surface area (Å²) in [6, 6.07) is 5.73. The molecule has 1 aromatic carbocycles. The van der Waals surface area contributed by atoms with Crippen molar-refractivity contribution in [2.24, 2.45) is 0 Å². The minimum absolute atomic E-state index is 0.134. The highest BCUT2D eigenvalue weighted by Gasteiger charge is 2.24. The van der Waals surface area contributed by atoms with E-state index >= 15 is 0 Å². The molecule has 0 spiro atoms. The van der Waals surface area contributed by atoms with Crippen LogP contribution in [0.1, 0.15) is 43.7 Å². The molecular weight excluding hydrogens is 277 g/mol. The van der Waals surface area contributed by atoms with Crippen molar-refractivity contribution in [1.29, 1.82) is 0 Å². The van der Waals surface area contributed by atoms with E-state index in [2.05, 4.69) is 18.7 Å². The highest BCUT2D eigenvalue weighted by molar-refractivity contribution is 7.78. The van der Waals surface area contributed by atoms with Crippen LogP contribution in [0.5, 0.6) is 0 Å². The van der Waals surface area contributed by atoms with E-state index < -0.39 is 11.1 Å². The smallest absolute Gasteiger partial charge is 0.157 e. The monoisotopic (exact) mass is 299 g/mol. The molecule has 3 nitrogen and oxygen atoms in total. The predicted molar refractivity (Wildman–Crippen MR) is 79.6 cm³/mol. The van der Waals surface area contributed by atoms with E-state index in [1.54, 1.807) is 12.1 Å². The third-order valence-corrected chi connectivity index (χ3v) is 4.65. The van der Waals surface area contributed by atoms with E-state index in [-0.39, 0.29) is 17.5 Å². The van der Waals surface area contributed by atoms with Gasteiger partial charge in [-0.05, 0) is 51.3 Å². The summed E-state index contributed by atoms with van der Waals surface area (Å²) in [6.45, 7) is 6.33. The quantitative estimate of drug-likeness (QED) is 0.868. The van der Waals surface area contributed by atoms with Gasteiger partial charge in [0.15, 0.2) is 11.1 Å². The zero-order valence-electron chi connectivity index (χ0n) is 12.0. The number of benzene rings is 1. The van der Waals surface area contributed by atoms with Crippen LogP contribution in [0.2, 0.25) is 0 Å². The molecule has 1 aliphatic heterocycles. The Morgan fingerprint density at radius 3 is 2.60 bits per heavy atom. The highest BCUT2D eigenvalue weighted by atomic mass is 32.2. The molecular formula is C15H22FNO2S. The Morgan fingerprint density at radius 1 is 1.40 bits per heavy atom. The first-order valence-corrected chi connectivity index (χ1v) is 8.35. The van der Waals surface area contributed by atoms with Crippen LogP contribution >= 0.6 is 0 Å². The van der Waals surface area contributed by atoms with Gasteiger partial charge in [0, 0.05) is 11.6 Å². The van der Waals surface area contributed by atoms with E-state index in [0.717, 1.165) is 25.9 Å². The summed E-state index contributed by atoms with van der Waals surface area (Å²) in [7, 11) is 0. The Morgan fingerprint density at radius 2 is 2.05 bits per heavy atom. The Kier molecular flexibility index (Phi) is 5.29. The molecule has 0 aromatic heterocycles. The lowest BCUT2D eigenvalue weighted by atomic mass is 9.88. The molecule has 1 aromatic rings. The second-order valence-electron chi connectivity index (χ2n) is 5.69. The normalized spacial score (nSPS) is 19.4. The second-order valence-corrected chi connectivity index (χ2v) is 6.62. The van der Waals surface area contributed by atoms with Gasteiger partial charge in [-0.15, -0.1) is 0 Å². The molecule has 0 radical (unpaired) electrons. The number of hydrogen-bond acceptors (Lipinski definition) is 2. The largest absolute Gasteiger partial charge is 0.306 e. The summed E-state index contributed by atoms with van der Waals surface area (Å²) >= 11 is -2.00. The molecule has 112 valence electrons. The van der Waals surface area contributed by atoms with Gasteiger partial charge < -0.3 is 9.45 Å². The van der Waals surface area contributed by atoms with Crippen LogP contribution in [0.25, 0.3) is 0 Å². The van der Waals surface area contributed by atoms with Crippen molar-refractivity contribution in [1.82, 2.24) is 4.90 Å². The molecule has 1 atom stereocenters. The predicted octanol–water partition coefficient (Wildman–Crippen LogP) is 3.14. The SMILES string of the molecule is CC(C)N1CCC(c2cccc(CS(=O)O)c2F)CC1. The minimum Gasteiger partial charge on any atom is -0.306 e. The van der Waals surface area contributed by atoms with Gasteiger partial charge in [-0.3, -0.25) is 0 Å². The van der Waals surface area contributed by atoms with Gasteiger partial charge in [-0.25, -0.2) is 8.60 Å². The van der Waals surface area contributed by atoms with Crippen molar-refractivity contribution < 1.29 is 13.2 Å². The molecule has 0 saturated carbocycles. The Bertz CT molecular complexity index is 485. The Hall–Kier alpha value is -0.780. The molecule has 1 heterocycles. The van der Waals surface area contributed by atoms with Gasteiger partial charge in [0.1, 0.15) is 5.82 Å². The van der Waals surface area contributed by atoms with Crippen molar-refractivity contribution in [3.8, 4) is 0 Å². The van der Waals surface area contributed by atoms with Crippen LogP contribution in [-0.2, 0) is 16.8 Å². The van der Waals surface area contributed by atoms with E-state index in [4.69, 9.17) is 4.55 Å². The van der Waals surface area contributed by atoms with Gasteiger partial charge >= 0.3 is 0 Å². The molecule has 1 aliphatic rings. The number of hydrogen-bond donors (Lipinski definition) is 1. The Labute approximate surface area is 122 Å². The van der Waals surface area contributed by atoms with Gasteiger partial charge in [0.2, 0.25) is 0 Å². The van der Waals surface area contributed by atoms with E-state index in [9.17, 15) is 8.60 Å². The fourth-order valence-electron chi connectivity index (χ4n) is 2.89. The molecule has 1 unspecified atom stereocenters. The van der Waals surface area contributed by atoms with E-state index in [0.29, 0.717) is 17.2 Å². The number of nitrogens with zero attached hydrogens (tertiary/aromatic N) is 1. The molecule has 2 rings (SSSR count). The first-order chi connectivity index (χ1) is 9.49. The summed E-state index contributed by atoms with van der Waals surface area (Å²) in [5, 5.41) is 0. The lowest BCUT2D eigenvalue weighted by Gasteiger charge is -2.35. The van der Waals surface area contributed by atoms with Gasteiger partial charge in [-0.1, -0.05) is 18.2 Å². The van der Waals surface area contributed by atoms with E-state index in [1.807, 2.05) is 6.07 Å². The lowest BCUT2D eigenvalue weighted by Crippen LogP contribution is -2.38. The highest BCUT2D eigenvalue weighted by Crippen LogP contribution is 2.31. The molecule has 0 aliphatic carbocycles. The number of rotatable bonds is 4. The number of piperidine rings is 1. The standard InChI is InChI=1S/C15H22FNO2S/c1-11(2)17-8-6-12(7-9-17)14-5-3-4-13(15(14)16)10-20(18)19/h3-5,11-12H,6-10H2,1-2H3,(H,18,19). The summed E-state index contributed by atoms with van der Waals surface area (Å²) in [4.78, 5) is 2.40. The first-order valence-electron chi connectivity index (χ1n) is 7.07. The van der Waals surface area contributed by atoms with Crippen molar-refractivity contribution >= 4 is 11.1 Å². The van der Waals surface area contributed by atoms with Crippen molar-refractivity contribution in [2.75, 3.05) is 13.1 Å². The second kappa shape index (κ2) is 6.78. The van der Waals surface area contributed by atoms with E-state index in [1.165, 1.54) is 0 Å². The molecule has 1 saturated heterocycles. The zero-order chi connectivity index (χ0) is 14.7. The molecule has 20 heavy (non-hydrogen) atoms. The summed E-state index contributed by atoms with van der Waals surface area (Å²) in [6.07, 6.45) is 1.89. The van der Waals surface area contributed by atoms with Crippen LogP contribution in [0.4, 0.5) is 4.39 Å². The fraction of sp³-hybridized carbons (Fsp3) is 0.600. The third kappa shape index (κ3) is 3.65. The molecule has 1 fully saturated rings. The van der Waals surface area contributed by atoms with Crippen molar-refractivity contribution in [3.05, 3.63) is 35.1 Å². The molecule has 0 bridgehead atoms. The van der Waals surface area contributed by atoms with Gasteiger partial charge in [-0.2, -0.15) is 0 Å². The summed E-state index contributed by atoms with van der Waals surface area (Å²) < 4.78 is 34.2. The average Bonchev–Trinajstić information content (AvgIpc) is 2.41. The Balaban J connectivity index is 2.12. The maximum absolute atomic E-state index is 14.4. The van der Waals surface area contributed by atoms with Gasteiger partial charge in [0.05, 0.1) is 5.75 Å². The number of halogens is 1. The maximum Gasteiger partial charge on any atom is 0.157 e. The lowest BCUT2D eigenvalue weighted by molar-refractivity contribution is 0.171. The average molecular weight is 299 g/mol. The maximum atomic E-state index is 14.4. The van der Waals surface area contributed by atoms with Crippen molar-refractivity contribution in [3.63, 3.8) is 0 Å². The first kappa shape index (κ1) is 15.6. The van der Waals surface area contributed by atoms with Gasteiger partial charge in [0.25, 0.3) is 0 Å². The summed E-state index contributed by atoms with van der Waals surface area (Å²) in [5.41, 5.74) is 1.05. The molecule has 1 N–H and O–H groups in total. The minimum atomic E-state index is -2.00. The third-order valence-electron chi connectivity index (χ3n) is 4.09. The van der Waals surface area contributed by atoms with Crippen LogP contribution in [0.15, 0.2) is 18.2 Å². The molecule has 0 amide bonds. The fourth-order valence-corrected chi connectivity index (χ4v) is 3.38. The van der Waals surface area contributed by atoms with Crippen LogP contribution in [0, 0.1) is 5.82 Å². The summed E-state index contributed by atoms with van der Waals surface area (Å²) in [5.74, 6) is -0.209. The van der Waals surface area contributed by atoms with Crippen LogP contribution in [-0.4, -0.2) is 32.8 Å². The van der Waals surface area contributed by atoms with Crippen LogP contribution < -0.4 is 0 Å².